The number of allylic oxidation sites excluding steroid dienone is 2. The van der Waals surface area contributed by atoms with Crippen LogP contribution < -0.4 is 0 Å². The van der Waals surface area contributed by atoms with Gasteiger partial charge in [0.15, 0.2) is 5.78 Å². The topological polar surface area (TPSA) is 221 Å². The highest BCUT2D eigenvalue weighted by molar-refractivity contribution is 7.79. The Balaban J connectivity index is 0.000000548. The van der Waals surface area contributed by atoms with Crippen LogP contribution in [0.25, 0.3) is 4.98 Å². The molecule has 2 fully saturated rings. The molecule has 6 atom stereocenters. The molecule has 4 aliphatic rings. The number of hydrogen-bond acceptors (Lipinski definition) is 10. The Labute approximate surface area is 188 Å². The van der Waals surface area contributed by atoms with Crippen molar-refractivity contribution in [2.75, 3.05) is 0 Å². The number of carbonyl (C=O) groups excluding carboxylic acids is 2. The van der Waals surface area contributed by atoms with Gasteiger partial charge in [0, 0.05) is 18.1 Å². The van der Waals surface area contributed by atoms with Gasteiger partial charge in [-0.15, -0.1) is 12.4 Å². The number of ketones is 2. The summed E-state index contributed by atoms with van der Waals surface area (Å²) >= 11 is 0. The molecule has 0 aromatic heterocycles. The van der Waals surface area contributed by atoms with Crippen LogP contribution in [-0.4, -0.2) is 67.3 Å². The van der Waals surface area contributed by atoms with Crippen LogP contribution in [0.2, 0.25) is 0 Å². The summed E-state index contributed by atoms with van der Waals surface area (Å²) in [7, 11) is -4.92. The first-order chi connectivity index (χ1) is 14.3. The van der Waals surface area contributed by atoms with Crippen LogP contribution >= 0.6 is 12.4 Å². The van der Waals surface area contributed by atoms with E-state index in [1.165, 1.54) is 6.08 Å². The highest BCUT2D eigenvalue weighted by Crippen LogP contribution is 2.52. The fourth-order valence-corrected chi connectivity index (χ4v) is 5.03. The molecule has 14 heteroatoms. The molecule has 0 bridgehead atoms. The first kappa shape index (κ1) is 25.9. The largest absolute Gasteiger partial charge is 0.726 e. The van der Waals surface area contributed by atoms with Gasteiger partial charge in [0.2, 0.25) is 27.2 Å². The average molecular weight is 493 g/mol. The second kappa shape index (κ2) is 8.89. The summed E-state index contributed by atoms with van der Waals surface area (Å²) in [5, 5.41) is 50.6. The van der Waals surface area contributed by atoms with Crippen LogP contribution in [0, 0.1) is 23.1 Å². The van der Waals surface area contributed by atoms with E-state index in [-0.39, 0.29) is 41.7 Å². The van der Waals surface area contributed by atoms with Gasteiger partial charge in [-0.25, -0.2) is 8.42 Å². The maximum absolute atomic E-state index is 13.1. The quantitative estimate of drug-likeness (QED) is 0.178. The fraction of sp³-hybridized carbons (Fsp3) is 0.556. The number of rotatable bonds is 0. The van der Waals surface area contributed by atoms with Crippen LogP contribution in [0.1, 0.15) is 25.7 Å². The molecule has 12 nitrogen and oxygen atoms in total. The fourth-order valence-electron chi connectivity index (χ4n) is 5.03. The Kier molecular flexibility index (Phi) is 7.20. The minimum atomic E-state index is -4.92. The molecule has 0 aliphatic heterocycles. The van der Waals surface area contributed by atoms with Gasteiger partial charge >= 0.3 is 6.04 Å². The van der Waals surface area contributed by atoms with Gasteiger partial charge in [-0.1, -0.05) is 0 Å². The van der Waals surface area contributed by atoms with Gasteiger partial charge < -0.3 is 25.0 Å². The van der Waals surface area contributed by atoms with E-state index in [0.29, 0.717) is 19.3 Å². The minimum Gasteiger partial charge on any atom is -0.726 e. The maximum atomic E-state index is 13.1. The van der Waals surface area contributed by atoms with E-state index < -0.39 is 57.3 Å². The van der Waals surface area contributed by atoms with E-state index in [9.17, 15) is 30.0 Å². The second-order valence-electron chi connectivity index (χ2n) is 8.04. The van der Waals surface area contributed by atoms with Crippen LogP contribution in [0.3, 0.4) is 0 Å². The lowest BCUT2D eigenvalue weighted by Crippen LogP contribution is -2.54. The van der Waals surface area contributed by atoms with E-state index in [1.54, 1.807) is 0 Å². The molecule has 2 saturated carbocycles. The van der Waals surface area contributed by atoms with Crippen molar-refractivity contribution in [1.29, 1.82) is 5.39 Å². The lowest BCUT2D eigenvalue weighted by molar-refractivity contribution is -0.134. The minimum absolute atomic E-state index is 0. The third kappa shape index (κ3) is 4.42. The second-order valence-corrected chi connectivity index (χ2v) is 8.90. The molecular weight excluding hydrogens is 472 g/mol. The molecule has 0 saturated heterocycles. The number of Topliss-reactive ketones (excluding diaryl/α,β-unsaturated/α-hetero) is 1. The first-order valence-electron chi connectivity index (χ1n) is 9.35. The standard InChI is InChI=1S/C18H18N2O6.ClH.H2O4S/c19-20-11-2-1-7-3-8-4-9-5-10(21)6-12(22)18(9,26)17(25)14(8)16(24)13(7)15(11)23;;1-5(2,3)4/h5-8,11,13,15,23,26H,1-4H2,(H-,21,22,24,25);1H;(H2,1,2,3,4). The van der Waals surface area contributed by atoms with Gasteiger partial charge in [0.25, 0.3) is 0 Å². The van der Waals surface area contributed by atoms with Gasteiger partial charge in [-0.3, -0.25) is 14.1 Å². The zero-order valence-electron chi connectivity index (χ0n) is 16.4. The molecule has 4 aliphatic carbocycles. The summed E-state index contributed by atoms with van der Waals surface area (Å²) in [6.45, 7) is 0. The van der Waals surface area contributed by atoms with Crippen LogP contribution in [0.4, 0.5) is 0 Å². The van der Waals surface area contributed by atoms with Gasteiger partial charge in [0.05, 0.1) is 5.92 Å². The Morgan fingerprint density at radius 2 is 1.78 bits per heavy atom. The van der Waals surface area contributed by atoms with Crippen molar-refractivity contribution in [3.05, 3.63) is 39.8 Å². The number of diazo groups is 1. The van der Waals surface area contributed by atoms with Gasteiger partial charge in [0.1, 0.15) is 22.6 Å². The molecule has 6 unspecified atom stereocenters. The highest BCUT2D eigenvalue weighted by atomic mass is 35.5. The predicted octanol–water partition coefficient (Wildman–Crippen LogP) is 0.508. The number of fused-ring (bicyclic) bond motifs is 3. The van der Waals surface area contributed by atoms with E-state index in [0.717, 1.165) is 6.08 Å². The molecule has 0 radical (unpaired) electrons. The smallest absolute Gasteiger partial charge is 0.340 e. The summed E-state index contributed by atoms with van der Waals surface area (Å²) in [5.74, 6) is -3.80. The predicted molar refractivity (Wildman–Crippen MR) is 107 cm³/mol. The highest BCUT2D eigenvalue weighted by Gasteiger charge is 2.58. The molecule has 0 amide bonds. The van der Waals surface area contributed by atoms with E-state index in [4.69, 9.17) is 22.9 Å². The van der Waals surface area contributed by atoms with Crippen molar-refractivity contribution < 1.29 is 47.5 Å². The number of carbonyl (C=O) groups is 2. The van der Waals surface area contributed by atoms with Crippen LogP contribution in [-0.2, 0) is 20.0 Å². The lowest BCUT2D eigenvalue weighted by atomic mass is 9.58. The van der Waals surface area contributed by atoms with Gasteiger partial charge in [-0.2, -0.15) is 0 Å². The first-order valence-corrected chi connectivity index (χ1v) is 10.7. The van der Waals surface area contributed by atoms with E-state index in [2.05, 4.69) is 4.98 Å². The Morgan fingerprint density at radius 3 is 2.34 bits per heavy atom. The monoisotopic (exact) mass is 492 g/mol. The summed E-state index contributed by atoms with van der Waals surface area (Å²) in [6, 6.07) is -0.766. The summed E-state index contributed by atoms with van der Waals surface area (Å²) < 4.78 is 32.8. The SMILES string of the molecule is Cl.N#[N+]C1CCC2CC3CC4=CC(O)=CC(=O)C4(O)C(O)=C3C(=O)C2C1O.O=S(=O)([O-])O. The summed E-state index contributed by atoms with van der Waals surface area (Å²) in [6.07, 6.45) is 2.60. The number of aliphatic hydroxyl groups is 4. The van der Waals surface area contributed by atoms with Crippen LogP contribution in [0.15, 0.2) is 34.8 Å². The number of nitrogens with zero attached hydrogens (tertiary/aromatic N) is 2. The molecule has 0 heterocycles. The van der Waals surface area contributed by atoms with Crippen molar-refractivity contribution in [3.63, 3.8) is 0 Å². The lowest BCUT2D eigenvalue weighted by Gasteiger charge is -2.46. The van der Waals surface area contributed by atoms with Crippen molar-refractivity contribution in [2.24, 2.45) is 17.8 Å². The molecule has 0 aromatic rings. The molecule has 176 valence electrons. The normalized spacial score (nSPS) is 36.0. The molecule has 4 rings (SSSR count). The Hall–Kier alpha value is -2.34. The molecular formula is C18H21ClN2O10S. The molecule has 32 heavy (non-hydrogen) atoms. The Bertz CT molecular complexity index is 1070. The number of hydrogen-bond donors (Lipinski definition) is 5. The van der Waals surface area contributed by atoms with Gasteiger partial charge in [-0.05, 0) is 42.7 Å². The van der Waals surface area contributed by atoms with E-state index >= 15 is 0 Å². The summed E-state index contributed by atoms with van der Waals surface area (Å²) in [4.78, 5) is 28.5. The third-order valence-electron chi connectivity index (χ3n) is 6.30. The van der Waals surface area contributed by atoms with Crippen molar-refractivity contribution in [2.45, 2.75) is 43.4 Å². The zero-order valence-corrected chi connectivity index (χ0v) is 18.0. The van der Waals surface area contributed by atoms with E-state index in [1.807, 2.05) is 0 Å². The van der Waals surface area contributed by atoms with Crippen molar-refractivity contribution in [3.8, 4) is 0 Å². The molecule has 5 N–H and O–H groups in total. The zero-order chi connectivity index (χ0) is 23.3. The average Bonchev–Trinajstić information content (AvgIpc) is 2.63. The molecule has 0 aromatic carbocycles. The Morgan fingerprint density at radius 1 is 1.19 bits per heavy atom. The molecule has 0 spiro atoms. The summed E-state index contributed by atoms with van der Waals surface area (Å²) in [5.41, 5.74) is -2.22. The van der Waals surface area contributed by atoms with Crippen LogP contribution in [0.5, 0.6) is 0 Å². The third-order valence-corrected chi connectivity index (χ3v) is 6.30. The van der Waals surface area contributed by atoms with Crippen molar-refractivity contribution in [1.82, 2.24) is 0 Å². The van der Waals surface area contributed by atoms with Crippen molar-refractivity contribution >= 4 is 34.4 Å². The number of halogens is 1. The maximum Gasteiger partial charge on any atom is 0.340 e. The number of aliphatic hydroxyl groups excluding tert-OH is 3.